The van der Waals surface area contributed by atoms with Crippen molar-refractivity contribution in [3.63, 3.8) is 0 Å². The Balaban J connectivity index is 1.30. The van der Waals surface area contributed by atoms with Crippen molar-refractivity contribution >= 4 is 11.9 Å². The van der Waals surface area contributed by atoms with Gasteiger partial charge < -0.3 is 25.7 Å². The molecular formula is C34H29F3N4O4. The highest BCUT2D eigenvalue weighted by molar-refractivity contribution is 5.78. The van der Waals surface area contributed by atoms with E-state index in [1.54, 1.807) is 84.9 Å². The fourth-order valence-electron chi connectivity index (χ4n) is 4.58. The maximum atomic E-state index is 14.2. The molecule has 1 unspecified atom stereocenters. The van der Waals surface area contributed by atoms with E-state index in [-0.39, 0.29) is 29.5 Å². The lowest BCUT2D eigenvalue weighted by Gasteiger charge is -2.22. The van der Waals surface area contributed by atoms with Crippen LogP contribution in [0.25, 0.3) is 22.4 Å². The first-order chi connectivity index (χ1) is 21.6. The monoisotopic (exact) mass is 614 g/mol. The van der Waals surface area contributed by atoms with E-state index in [0.717, 1.165) is 11.1 Å². The Kier molecular flexibility index (Phi) is 9.29. The molecule has 5 rings (SSSR count). The average Bonchev–Trinajstić information content (AvgIpc) is 3.04. The first-order valence-corrected chi connectivity index (χ1v) is 13.8. The standard InChI is InChI=1S/C34H29F3N4O4/c1-43-27-9-5-6-25(19-27)22-14-16-24(17-15-22)31(34(35,36)37)45-30-20-29(40-33(39)41-30)23-12-10-21(11-13-23)18-28(38)32(42)44-26-7-3-2-4-8-26/h2-17,19-20,28,31H,18,38H2,1H3,(H2,39,40,41)/t28?,31-/m1/s1. The van der Waals surface area contributed by atoms with Gasteiger partial charge in [-0.3, -0.25) is 0 Å². The molecule has 0 saturated carbocycles. The van der Waals surface area contributed by atoms with Gasteiger partial charge in [-0.05, 0) is 47.4 Å². The SMILES string of the molecule is COc1cccc(-c2ccc([C@@H](Oc3cc(-c4ccc(CC(N)C(=O)Oc5ccccc5)cc4)nc(N)n3)C(F)(F)F)cc2)c1. The number of nitrogen functional groups attached to an aromatic ring is 1. The smallest absolute Gasteiger partial charge is 0.429 e. The van der Waals surface area contributed by atoms with Gasteiger partial charge in [0.15, 0.2) is 0 Å². The van der Waals surface area contributed by atoms with Crippen LogP contribution in [0.3, 0.4) is 0 Å². The second kappa shape index (κ2) is 13.5. The maximum absolute atomic E-state index is 14.2. The lowest BCUT2D eigenvalue weighted by atomic mass is 10.0. The molecule has 0 bridgehead atoms. The molecule has 1 aromatic heterocycles. The molecular weight excluding hydrogens is 585 g/mol. The number of esters is 1. The number of hydrogen-bond donors (Lipinski definition) is 2. The number of aromatic nitrogens is 2. The Morgan fingerprint density at radius 2 is 1.47 bits per heavy atom. The lowest BCUT2D eigenvalue weighted by molar-refractivity contribution is -0.198. The number of anilines is 1. The molecule has 0 aliphatic heterocycles. The van der Waals surface area contributed by atoms with Crippen LogP contribution in [0.15, 0.2) is 109 Å². The van der Waals surface area contributed by atoms with Gasteiger partial charge in [-0.2, -0.15) is 18.2 Å². The summed E-state index contributed by atoms with van der Waals surface area (Å²) in [4.78, 5) is 20.4. The van der Waals surface area contributed by atoms with Gasteiger partial charge in [0.1, 0.15) is 17.5 Å². The molecule has 0 spiro atoms. The summed E-state index contributed by atoms with van der Waals surface area (Å²) >= 11 is 0. The van der Waals surface area contributed by atoms with Crippen LogP contribution in [-0.4, -0.2) is 35.3 Å². The predicted molar refractivity (Wildman–Crippen MR) is 163 cm³/mol. The van der Waals surface area contributed by atoms with Crippen molar-refractivity contribution in [3.8, 4) is 39.8 Å². The number of hydrogen-bond acceptors (Lipinski definition) is 8. The van der Waals surface area contributed by atoms with E-state index >= 15 is 0 Å². The second-order valence-electron chi connectivity index (χ2n) is 10.1. The Morgan fingerprint density at radius 1 is 0.800 bits per heavy atom. The normalized spacial score (nSPS) is 12.6. The molecule has 8 nitrogen and oxygen atoms in total. The van der Waals surface area contributed by atoms with Crippen LogP contribution in [-0.2, 0) is 11.2 Å². The molecule has 4 N–H and O–H groups in total. The number of benzene rings is 4. The summed E-state index contributed by atoms with van der Waals surface area (Å²) in [5.41, 5.74) is 14.8. The van der Waals surface area contributed by atoms with Crippen LogP contribution in [0, 0.1) is 0 Å². The summed E-state index contributed by atoms with van der Waals surface area (Å²) in [7, 11) is 1.54. The highest BCUT2D eigenvalue weighted by atomic mass is 19.4. The molecule has 1 heterocycles. The zero-order valence-electron chi connectivity index (χ0n) is 24.1. The van der Waals surface area contributed by atoms with Gasteiger partial charge in [0.2, 0.25) is 17.9 Å². The lowest BCUT2D eigenvalue weighted by Crippen LogP contribution is -2.36. The summed E-state index contributed by atoms with van der Waals surface area (Å²) in [5, 5.41) is 0. The van der Waals surface area contributed by atoms with E-state index in [1.165, 1.54) is 25.3 Å². The number of methoxy groups -OCH3 is 1. The van der Waals surface area contributed by atoms with Gasteiger partial charge in [-0.1, -0.05) is 78.9 Å². The third-order valence-corrected chi connectivity index (χ3v) is 6.84. The van der Waals surface area contributed by atoms with Crippen LogP contribution in [0.1, 0.15) is 17.2 Å². The third kappa shape index (κ3) is 7.95. The van der Waals surface area contributed by atoms with Crippen molar-refractivity contribution in [2.45, 2.75) is 24.7 Å². The van der Waals surface area contributed by atoms with E-state index in [4.69, 9.17) is 25.7 Å². The van der Waals surface area contributed by atoms with Crippen LogP contribution >= 0.6 is 0 Å². The van der Waals surface area contributed by atoms with Crippen molar-refractivity contribution in [3.05, 3.63) is 120 Å². The van der Waals surface area contributed by atoms with Crippen molar-refractivity contribution in [2.24, 2.45) is 5.73 Å². The van der Waals surface area contributed by atoms with Crippen molar-refractivity contribution < 1.29 is 32.2 Å². The average molecular weight is 615 g/mol. The van der Waals surface area contributed by atoms with Gasteiger partial charge in [0.25, 0.3) is 0 Å². The zero-order valence-corrected chi connectivity index (χ0v) is 24.1. The number of ether oxygens (including phenoxy) is 3. The molecule has 2 atom stereocenters. The molecule has 5 aromatic rings. The van der Waals surface area contributed by atoms with Gasteiger partial charge in [0.05, 0.1) is 12.8 Å². The molecule has 230 valence electrons. The topological polar surface area (TPSA) is 123 Å². The fourth-order valence-corrected chi connectivity index (χ4v) is 4.58. The van der Waals surface area contributed by atoms with Crippen LogP contribution in [0.4, 0.5) is 19.1 Å². The number of nitrogens with two attached hydrogens (primary N) is 2. The number of rotatable bonds is 10. The maximum Gasteiger partial charge on any atom is 0.429 e. The van der Waals surface area contributed by atoms with Crippen molar-refractivity contribution in [1.29, 1.82) is 0 Å². The minimum Gasteiger partial charge on any atom is -0.497 e. The van der Waals surface area contributed by atoms with E-state index in [1.807, 2.05) is 6.07 Å². The van der Waals surface area contributed by atoms with Gasteiger partial charge >= 0.3 is 12.1 Å². The van der Waals surface area contributed by atoms with Crippen molar-refractivity contribution in [1.82, 2.24) is 9.97 Å². The number of nitrogens with zero attached hydrogens (tertiary/aromatic N) is 2. The molecule has 11 heteroatoms. The van der Waals surface area contributed by atoms with Crippen LogP contribution in [0.2, 0.25) is 0 Å². The molecule has 0 aliphatic rings. The number of carbonyl (C=O) groups excluding carboxylic acids is 1. The first kappa shape index (κ1) is 31.0. The predicted octanol–water partition coefficient (Wildman–Crippen LogP) is 6.56. The number of alkyl halides is 3. The summed E-state index contributed by atoms with van der Waals surface area (Å²) in [6, 6.07) is 28.9. The Hall–Kier alpha value is -5.42. The number of para-hydroxylation sites is 1. The highest BCUT2D eigenvalue weighted by Gasteiger charge is 2.43. The molecule has 4 aromatic carbocycles. The molecule has 45 heavy (non-hydrogen) atoms. The largest absolute Gasteiger partial charge is 0.497 e. The Labute approximate surface area is 257 Å². The number of carbonyl (C=O) groups is 1. The molecule has 0 radical (unpaired) electrons. The number of halogens is 3. The second-order valence-corrected chi connectivity index (χ2v) is 10.1. The van der Waals surface area contributed by atoms with E-state index in [2.05, 4.69) is 9.97 Å². The summed E-state index contributed by atoms with van der Waals surface area (Å²) in [6.07, 6.45) is -6.85. The van der Waals surface area contributed by atoms with E-state index < -0.39 is 24.3 Å². The highest BCUT2D eigenvalue weighted by Crippen LogP contribution is 2.38. The van der Waals surface area contributed by atoms with Gasteiger partial charge in [0, 0.05) is 17.2 Å². The van der Waals surface area contributed by atoms with E-state index in [9.17, 15) is 18.0 Å². The van der Waals surface area contributed by atoms with Gasteiger partial charge in [-0.25, -0.2) is 9.78 Å². The Bertz CT molecular complexity index is 1750. The summed E-state index contributed by atoms with van der Waals surface area (Å²) in [6.45, 7) is 0. The minimum atomic E-state index is -4.75. The summed E-state index contributed by atoms with van der Waals surface area (Å²) < 4.78 is 58.5. The molecule has 0 fully saturated rings. The van der Waals surface area contributed by atoms with Gasteiger partial charge in [-0.15, -0.1) is 0 Å². The Morgan fingerprint density at radius 3 is 2.13 bits per heavy atom. The quantitative estimate of drug-likeness (QED) is 0.134. The van der Waals surface area contributed by atoms with E-state index in [0.29, 0.717) is 22.6 Å². The minimum absolute atomic E-state index is 0.112. The van der Waals surface area contributed by atoms with Crippen LogP contribution < -0.4 is 25.7 Å². The molecule has 0 amide bonds. The van der Waals surface area contributed by atoms with Crippen LogP contribution in [0.5, 0.6) is 17.4 Å². The third-order valence-electron chi connectivity index (χ3n) is 6.84. The van der Waals surface area contributed by atoms with Crippen molar-refractivity contribution in [2.75, 3.05) is 12.8 Å². The first-order valence-electron chi connectivity index (χ1n) is 13.8. The fraction of sp³-hybridized carbons (Fsp3) is 0.147. The molecule has 0 aliphatic carbocycles. The zero-order chi connectivity index (χ0) is 32.0. The summed E-state index contributed by atoms with van der Waals surface area (Å²) in [5.74, 6) is -0.152. The molecule has 0 saturated heterocycles.